The second-order valence-corrected chi connectivity index (χ2v) is 10.8. The number of amides is 1. The Kier molecular flexibility index (Phi) is 13.2. The van der Waals surface area contributed by atoms with Crippen LogP contribution in [0.2, 0.25) is 0 Å². The van der Waals surface area contributed by atoms with Gasteiger partial charge in [0.05, 0.1) is 36.9 Å². The van der Waals surface area contributed by atoms with Gasteiger partial charge in [0.2, 0.25) is 5.91 Å². The number of carbonyl (C=O) groups excluding carboxylic acids is 1. The second kappa shape index (κ2) is 15.9. The minimum atomic E-state index is -1.44. The average molecular weight is 728 g/mol. The molecule has 3 N–H and O–H groups in total. The van der Waals surface area contributed by atoms with Crippen molar-refractivity contribution < 1.29 is 15.0 Å². The lowest BCUT2D eigenvalue weighted by Gasteiger charge is -2.27. The molecule has 15 heteroatoms. The molecular weight excluding hydrogens is 693 g/mol. The van der Waals surface area contributed by atoms with Gasteiger partial charge < -0.3 is 15.5 Å². The predicted octanol–water partition coefficient (Wildman–Crippen LogP) is 3.48. The molecule has 0 aliphatic carbocycles. The number of nitrogens with zero attached hydrogens (tertiary/aromatic N) is 6. The number of fused-ring (bicyclic) bond motifs is 1. The van der Waals surface area contributed by atoms with E-state index in [1.54, 1.807) is 45.0 Å². The summed E-state index contributed by atoms with van der Waals surface area (Å²) in [5.41, 5.74) is -1.29. The third-order valence-electron chi connectivity index (χ3n) is 6.14. The average Bonchev–Trinajstić information content (AvgIpc) is 3.59. The molecule has 3 aromatic heterocycles. The van der Waals surface area contributed by atoms with E-state index in [9.17, 15) is 19.5 Å². The zero-order chi connectivity index (χ0) is 31.6. The summed E-state index contributed by atoms with van der Waals surface area (Å²) >= 11 is 3.08. The fourth-order valence-electron chi connectivity index (χ4n) is 4.08. The van der Waals surface area contributed by atoms with Gasteiger partial charge in [0, 0.05) is 18.2 Å². The van der Waals surface area contributed by atoms with Crippen LogP contribution in [0.15, 0.2) is 46.2 Å². The Morgan fingerprint density at radius 1 is 1.21 bits per heavy atom. The summed E-state index contributed by atoms with van der Waals surface area (Å²) < 4.78 is 2.52. The zero-order valence-electron chi connectivity index (χ0n) is 23.9. The van der Waals surface area contributed by atoms with E-state index in [1.807, 2.05) is 41.1 Å². The van der Waals surface area contributed by atoms with E-state index in [0.29, 0.717) is 32.8 Å². The summed E-state index contributed by atoms with van der Waals surface area (Å²) in [5, 5.41) is 37.8. The van der Waals surface area contributed by atoms with Gasteiger partial charge in [-0.15, -0.1) is 14.6 Å². The number of halogens is 1. The van der Waals surface area contributed by atoms with Crippen molar-refractivity contribution in [3.05, 3.63) is 68.6 Å². The van der Waals surface area contributed by atoms with Crippen LogP contribution >= 0.6 is 42.3 Å². The van der Waals surface area contributed by atoms with Crippen LogP contribution in [0, 0.1) is 18.3 Å². The Bertz CT molecular complexity index is 1650. The molecule has 1 amide bonds. The van der Waals surface area contributed by atoms with Gasteiger partial charge in [0.25, 0.3) is 5.56 Å². The topological polar surface area (TPSA) is 168 Å². The maximum atomic E-state index is 13.8. The number of aliphatic hydroxyl groups is 1. The highest BCUT2D eigenvalue weighted by atomic mass is 127. The monoisotopic (exact) mass is 727 g/mol. The molecule has 0 aliphatic heterocycles. The van der Waals surface area contributed by atoms with Crippen LogP contribution in [-0.2, 0) is 23.3 Å². The summed E-state index contributed by atoms with van der Waals surface area (Å²) in [6.45, 7) is 8.71. The molecule has 0 atom stereocenters. The molecule has 226 valence electrons. The maximum absolute atomic E-state index is 13.8. The molecule has 1 aromatic carbocycles. The number of hydrogen-bond donors (Lipinski definition) is 4. The van der Waals surface area contributed by atoms with E-state index in [-0.39, 0.29) is 31.4 Å². The number of para-hydroxylation sites is 1. The molecule has 4 aromatic rings. The highest BCUT2D eigenvalue weighted by Gasteiger charge is 2.35. The van der Waals surface area contributed by atoms with Crippen LogP contribution in [0.5, 0.6) is 5.75 Å². The molecule has 4 rings (SSSR count). The number of rotatable bonds is 8. The minimum absolute atomic E-state index is 0.0174. The molecular formula is C27H34IN7O5S2. The van der Waals surface area contributed by atoms with Crippen molar-refractivity contribution in [1.29, 1.82) is 5.26 Å². The number of thiophene rings is 1. The lowest BCUT2D eigenvalue weighted by atomic mass is 10.0. The highest BCUT2D eigenvalue weighted by Crippen LogP contribution is 2.31. The van der Waals surface area contributed by atoms with E-state index < -0.39 is 22.7 Å². The van der Waals surface area contributed by atoms with Crippen LogP contribution in [0.25, 0.3) is 15.2 Å². The van der Waals surface area contributed by atoms with Crippen LogP contribution in [0.4, 0.5) is 0 Å². The normalized spacial score (nSPS) is 10.9. The number of aliphatic hydroxyl groups excluding tert-OH is 1. The number of aromatic hydroxyl groups is 1. The van der Waals surface area contributed by atoms with Crippen LogP contribution in [-0.4, -0.2) is 52.9 Å². The highest BCUT2D eigenvalue weighted by molar-refractivity contribution is 14.2. The van der Waals surface area contributed by atoms with Gasteiger partial charge in [-0.1, -0.05) is 29.5 Å². The smallest absolute Gasteiger partial charge is 0.333 e. The van der Waals surface area contributed by atoms with E-state index in [4.69, 9.17) is 10.4 Å². The number of aryl methyl sites for hydroxylation is 3. The van der Waals surface area contributed by atoms with E-state index in [2.05, 4.69) is 25.3 Å². The number of phenolic OH excluding ortho intramolecular Hbond substituents is 1. The number of benzene rings is 1. The number of aromatic nitrogens is 5. The minimum Gasteiger partial charge on any atom is -0.508 e. The lowest BCUT2D eigenvalue weighted by molar-refractivity contribution is -0.129. The molecule has 0 fully saturated rings. The molecule has 0 saturated heterocycles. The van der Waals surface area contributed by atoms with Crippen molar-refractivity contribution in [2.75, 3.05) is 6.61 Å². The molecule has 0 bridgehead atoms. The number of hydrogen-bond acceptors (Lipinski definition) is 10. The van der Waals surface area contributed by atoms with Gasteiger partial charge in [0.15, 0.2) is 0 Å². The number of thiol groups is 1. The SMILES string of the molecule is Cc1c(-n2nccn2)sc2c1c(=O)n(C(C)(C)C(=O)NC(C)C)c(=O)n2CCc1ccccc1O.N#CCCO.SI. The second-order valence-electron chi connectivity index (χ2n) is 9.80. The van der Waals surface area contributed by atoms with Crippen molar-refractivity contribution in [3.63, 3.8) is 0 Å². The van der Waals surface area contributed by atoms with Crippen molar-refractivity contribution >= 4 is 58.5 Å². The molecule has 42 heavy (non-hydrogen) atoms. The zero-order valence-corrected chi connectivity index (χ0v) is 27.8. The predicted molar refractivity (Wildman–Crippen MR) is 175 cm³/mol. The van der Waals surface area contributed by atoms with Crippen LogP contribution in [0.3, 0.4) is 0 Å². The fourth-order valence-corrected chi connectivity index (χ4v) is 5.32. The largest absolute Gasteiger partial charge is 0.508 e. The summed E-state index contributed by atoms with van der Waals surface area (Å²) in [6, 6.07) is 8.51. The lowest BCUT2D eigenvalue weighted by Crippen LogP contribution is -2.56. The summed E-state index contributed by atoms with van der Waals surface area (Å²) in [6.07, 6.45) is 3.67. The Labute approximate surface area is 264 Å². The first-order chi connectivity index (χ1) is 19.9. The number of phenols is 1. The third-order valence-corrected chi connectivity index (χ3v) is 7.42. The third kappa shape index (κ3) is 7.79. The maximum Gasteiger partial charge on any atom is 0.333 e. The summed E-state index contributed by atoms with van der Waals surface area (Å²) in [4.78, 5) is 42.5. The number of carbonyl (C=O) groups is 1. The van der Waals surface area contributed by atoms with E-state index >= 15 is 0 Å². The first-order valence-electron chi connectivity index (χ1n) is 12.8. The van der Waals surface area contributed by atoms with Gasteiger partial charge >= 0.3 is 5.69 Å². The molecule has 3 heterocycles. The Balaban J connectivity index is 0.000000797. The molecule has 0 aliphatic rings. The van der Waals surface area contributed by atoms with Crippen LogP contribution < -0.4 is 16.6 Å². The molecule has 0 unspecified atom stereocenters. The van der Waals surface area contributed by atoms with Gasteiger partial charge in [-0.3, -0.25) is 14.2 Å². The molecule has 0 radical (unpaired) electrons. The standard InChI is InChI=1S/C24H28N6O4S.C3H5NO.HIS/c1-14(2)27-22(33)24(4,5)29-19(32)18-15(3)20(30-25-11-12-26-30)35-21(18)28(23(29)34)13-10-16-8-6-7-9-17(16)31;4-2-1-3-5;1-2/h6-9,11-12,14,31H,10,13H2,1-5H3,(H,27,33);5H,1,3H2;2H. The van der Waals surface area contributed by atoms with Gasteiger partial charge in [-0.05, 0) is 73.9 Å². The fraction of sp³-hybridized carbons (Fsp3) is 0.407. The van der Waals surface area contributed by atoms with Crippen molar-refractivity contribution in [3.8, 4) is 16.8 Å². The van der Waals surface area contributed by atoms with Crippen molar-refractivity contribution in [2.24, 2.45) is 0 Å². The van der Waals surface area contributed by atoms with Crippen molar-refractivity contribution in [1.82, 2.24) is 29.4 Å². The van der Waals surface area contributed by atoms with Gasteiger partial charge in [-0.25, -0.2) is 9.36 Å². The Morgan fingerprint density at radius 2 is 1.83 bits per heavy atom. The first kappa shape index (κ1) is 35.0. The molecule has 0 spiro atoms. The van der Waals surface area contributed by atoms with Crippen LogP contribution in [0.1, 0.15) is 45.2 Å². The quantitative estimate of drug-likeness (QED) is 0.158. The molecule has 12 nitrogen and oxygen atoms in total. The van der Waals surface area contributed by atoms with Gasteiger partial charge in [0.1, 0.15) is 21.1 Å². The first-order valence-corrected chi connectivity index (χ1v) is 16.9. The van der Waals surface area contributed by atoms with Gasteiger partial charge in [-0.2, -0.15) is 15.5 Å². The van der Waals surface area contributed by atoms with E-state index in [1.165, 1.54) is 33.1 Å². The summed E-state index contributed by atoms with van der Waals surface area (Å²) in [7, 11) is 3.50. The number of nitriles is 1. The Hall–Kier alpha value is -3.20. The summed E-state index contributed by atoms with van der Waals surface area (Å²) in [5.74, 6) is -0.300. The van der Waals surface area contributed by atoms with Crippen molar-refractivity contribution in [2.45, 2.75) is 65.6 Å². The number of nitrogens with one attached hydrogen (secondary N) is 1. The molecule has 0 saturated carbocycles. The Morgan fingerprint density at radius 3 is 2.36 bits per heavy atom. The van der Waals surface area contributed by atoms with E-state index in [0.717, 1.165) is 4.57 Å².